The summed E-state index contributed by atoms with van der Waals surface area (Å²) in [6, 6.07) is 0. The number of esters is 2. The van der Waals surface area contributed by atoms with E-state index in [4.69, 9.17) is 9.47 Å². The normalized spacial score (nSPS) is 36.7. The summed E-state index contributed by atoms with van der Waals surface area (Å²) in [7, 11) is 0. The lowest BCUT2D eigenvalue weighted by Crippen LogP contribution is -2.50. The van der Waals surface area contributed by atoms with E-state index in [1.165, 1.54) is 0 Å². The van der Waals surface area contributed by atoms with Gasteiger partial charge in [-0.2, -0.15) is 0 Å². The number of cyclic esters (lactones) is 1. The van der Waals surface area contributed by atoms with Gasteiger partial charge in [0.15, 0.2) is 0 Å². The number of fused-ring (bicyclic) bond motifs is 1. The zero-order valence-electron chi connectivity index (χ0n) is 8.20. The molecule has 0 aliphatic carbocycles. The molecule has 0 unspecified atom stereocenters. The first-order valence-electron chi connectivity index (χ1n) is 4.61. The van der Waals surface area contributed by atoms with Crippen LogP contribution in [0.3, 0.4) is 0 Å². The SMILES string of the molecule is CC1=C[C@H]2C(=O)OCC[C@]2(C)OC1=O. The molecule has 2 aliphatic rings. The minimum atomic E-state index is -0.702. The van der Waals surface area contributed by atoms with E-state index in [0.717, 1.165) is 0 Å². The van der Waals surface area contributed by atoms with Gasteiger partial charge in [0, 0.05) is 12.0 Å². The van der Waals surface area contributed by atoms with Gasteiger partial charge >= 0.3 is 11.9 Å². The Bertz CT molecular complexity index is 331. The van der Waals surface area contributed by atoms with Crippen LogP contribution >= 0.6 is 0 Å². The second-order valence-corrected chi connectivity index (χ2v) is 3.95. The van der Waals surface area contributed by atoms with Crippen molar-refractivity contribution in [3.63, 3.8) is 0 Å². The highest BCUT2D eigenvalue weighted by molar-refractivity contribution is 5.92. The summed E-state index contributed by atoms with van der Waals surface area (Å²) in [4.78, 5) is 22.7. The maximum Gasteiger partial charge on any atom is 0.333 e. The third-order valence-electron chi connectivity index (χ3n) is 2.82. The van der Waals surface area contributed by atoms with Gasteiger partial charge in [-0.3, -0.25) is 4.79 Å². The molecule has 4 heteroatoms. The molecule has 76 valence electrons. The van der Waals surface area contributed by atoms with Crippen LogP contribution in [-0.2, 0) is 19.1 Å². The molecule has 0 spiro atoms. The van der Waals surface area contributed by atoms with Gasteiger partial charge in [-0.25, -0.2) is 4.79 Å². The smallest absolute Gasteiger partial charge is 0.333 e. The van der Waals surface area contributed by atoms with E-state index in [1.54, 1.807) is 19.9 Å². The van der Waals surface area contributed by atoms with Crippen LogP contribution in [0.15, 0.2) is 11.6 Å². The van der Waals surface area contributed by atoms with Crippen LogP contribution in [0.1, 0.15) is 20.3 Å². The van der Waals surface area contributed by atoms with Crippen molar-refractivity contribution >= 4 is 11.9 Å². The molecule has 2 atom stereocenters. The molecular formula is C10H12O4. The van der Waals surface area contributed by atoms with Crippen molar-refractivity contribution < 1.29 is 19.1 Å². The average Bonchev–Trinajstić information content (AvgIpc) is 2.09. The molecule has 2 heterocycles. The number of carbonyl (C=O) groups excluding carboxylic acids is 2. The number of hydrogen-bond acceptors (Lipinski definition) is 4. The Labute approximate surface area is 81.9 Å². The molecule has 14 heavy (non-hydrogen) atoms. The Morgan fingerprint density at radius 3 is 2.93 bits per heavy atom. The van der Waals surface area contributed by atoms with Crippen molar-refractivity contribution in [2.24, 2.45) is 5.92 Å². The molecule has 0 amide bonds. The molecular weight excluding hydrogens is 184 g/mol. The fraction of sp³-hybridized carbons (Fsp3) is 0.600. The van der Waals surface area contributed by atoms with Gasteiger partial charge in [-0.15, -0.1) is 0 Å². The molecule has 2 aliphatic heterocycles. The van der Waals surface area contributed by atoms with Crippen molar-refractivity contribution in [1.29, 1.82) is 0 Å². The zero-order chi connectivity index (χ0) is 10.3. The third-order valence-corrected chi connectivity index (χ3v) is 2.82. The van der Waals surface area contributed by atoms with Crippen LogP contribution in [-0.4, -0.2) is 24.1 Å². The topological polar surface area (TPSA) is 52.6 Å². The number of carbonyl (C=O) groups is 2. The Hall–Kier alpha value is -1.32. The highest BCUT2D eigenvalue weighted by atomic mass is 16.6. The summed E-state index contributed by atoms with van der Waals surface area (Å²) >= 11 is 0. The van der Waals surface area contributed by atoms with Crippen molar-refractivity contribution in [2.45, 2.75) is 25.9 Å². The Kier molecular flexibility index (Phi) is 1.87. The lowest BCUT2D eigenvalue weighted by atomic mass is 9.81. The predicted octanol–water partition coefficient (Wildman–Crippen LogP) is 0.811. The Balaban J connectivity index is 2.39. The van der Waals surface area contributed by atoms with Crippen LogP contribution in [0.25, 0.3) is 0 Å². The minimum Gasteiger partial charge on any atom is -0.465 e. The minimum absolute atomic E-state index is 0.300. The molecule has 0 radical (unpaired) electrons. The maximum absolute atomic E-state index is 11.4. The second-order valence-electron chi connectivity index (χ2n) is 3.95. The predicted molar refractivity (Wildman–Crippen MR) is 47.3 cm³/mol. The van der Waals surface area contributed by atoms with Crippen molar-refractivity contribution in [3.05, 3.63) is 11.6 Å². The van der Waals surface area contributed by atoms with Crippen molar-refractivity contribution in [2.75, 3.05) is 6.61 Å². The van der Waals surface area contributed by atoms with Gasteiger partial charge in [-0.05, 0) is 13.8 Å². The van der Waals surface area contributed by atoms with E-state index in [0.29, 0.717) is 18.6 Å². The van der Waals surface area contributed by atoms with Gasteiger partial charge in [0.2, 0.25) is 0 Å². The second kappa shape index (κ2) is 2.83. The zero-order valence-corrected chi connectivity index (χ0v) is 8.20. The van der Waals surface area contributed by atoms with E-state index >= 15 is 0 Å². The molecule has 0 aromatic heterocycles. The molecule has 1 fully saturated rings. The van der Waals surface area contributed by atoms with Crippen LogP contribution < -0.4 is 0 Å². The molecule has 1 saturated heterocycles. The average molecular weight is 196 g/mol. The van der Waals surface area contributed by atoms with Gasteiger partial charge in [0.25, 0.3) is 0 Å². The van der Waals surface area contributed by atoms with Crippen LogP contribution in [0, 0.1) is 5.92 Å². The Morgan fingerprint density at radius 1 is 1.50 bits per heavy atom. The Morgan fingerprint density at radius 2 is 2.21 bits per heavy atom. The first-order valence-corrected chi connectivity index (χ1v) is 4.61. The third kappa shape index (κ3) is 1.22. The van der Waals surface area contributed by atoms with E-state index in [2.05, 4.69) is 0 Å². The summed E-state index contributed by atoms with van der Waals surface area (Å²) < 4.78 is 10.2. The van der Waals surface area contributed by atoms with E-state index in [-0.39, 0.29) is 11.9 Å². The summed E-state index contributed by atoms with van der Waals surface area (Å²) in [5, 5.41) is 0. The van der Waals surface area contributed by atoms with Gasteiger partial charge in [0.05, 0.1) is 6.61 Å². The number of rotatable bonds is 0. The summed E-state index contributed by atoms with van der Waals surface area (Å²) in [6.07, 6.45) is 2.21. The molecule has 0 N–H and O–H groups in total. The lowest BCUT2D eigenvalue weighted by Gasteiger charge is -2.40. The maximum atomic E-state index is 11.4. The number of ether oxygens (including phenoxy) is 2. The highest BCUT2D eigenvalue weighted by Gasteiger charge is 2.48. The molecule has 0 bridgehead atoms. The summed E-state index contributed by atoms with van der Waals surface area (Å²) in [5.74, 6) is -1.07. The fourth-order valence-electron chi connectivity index (χ4n) is 1.82. The monoisotopic (exact) mass is 196 g/mol. The lowest BCUT2D eigenvalue weighted by molar-refractivity contribution is -0.183. The molecule has 0 aromatic carbocycles. The first-order chi connectivity index (χ1) is 6.53. The van der Waals surface area contributed by atoms with Crippen LogP contribution in [0.5, 0.6) is 0 Å². The van der Waals surface area contributed by atoms with Gasteiger partial charge in [0.1, 0.15) is 11.5 Å². The summed E-state index contributed by atoms with van der Waals surface area (Å²) in [5.41, 5.74) is -0.224. The number of hydrogen-bond donors (Lipinski definition) is 0. The quantitative estimate of drug-likeness (QED) is 0.538. The van der Waals surface area contributed by atoms with E-state index in [9.17, 15) is 9.59 Å². The molecule has 2 rings (SSSR count). The summed E-state index contributed by atoms with van der Waals surface area (Å²) in [6.45, 7) is 3.74. The molecule has 4 nitrogen and oxygen atoms in total. The van der Waals surface area contributed by atoms with Crippen molar-refractivity contribution in [1.82, 2.24) is 0 Å². The molecule has 0 saturated carbocycles. The first kappa shape index (κ1) is 9.24. The standard InChI is InChI=1S/C10H12O4/c1-6-5-7-9(12)13-4-3-10(7,2)14-8(6)11/h5,7H,3-4H2,1-2H3/t7-,10-/m0/s1. The van der Waals surface area contributed by atoms with Crippen molar-refractivity contribution in [3.8, 4) is 0 Å². The van der Waals surface area contributed by atoms with E-state index in [1.807, 2.05) is 0 Å². The van der Waals surface area contributed by atoms with Gasteiger partial charge < -0.3 is 9.47 Å². The largest absolute Gasteiger partial charge is 0.465 e. The highest BCUT2D eigenvalue weighted by Crippen LogP contribution is 2.36. The van der Waals surface area contributed by atoms with Crippen LogP contribution in [0.4, 0.5) is 0 Å². The fourth-order valence-corrected chi connectivity index (χ4v) is 1.82. The van der Waals surface area contributed by atoms with E-state index < -0.39 is 11.5 Å². The molecule has 0 aromatic rings. The van der Waals surface area contributed by atoms with Crippen LogP contribution in [0.2, 0.25) is 0 Å². The van der Waals surface area contributed by atoms with Gasteiger partial charge in [-0.1, -0.05) is 6.08 Å².